The van der Waals surface area contributed by atoms with Crippen LogP contribution < -0.4 is 4.90 Å². The van der Waals surface area contributed by atoms with Gasteiger partial charge in [-0.1, -0.05) is 12.1 Å². The molecule has 21 heavy (non-hydrogen) atoms. The second-order valence-electron chi connectivity index (χ2n) is 4.63. The third-order valence-corrected chi connectivity index (χ3v) is 3.87. The van der Waals surface area contributed by atoms with Crippen molar-refractivity contribution >= 4 is 28.1 Å². The molecule has 108 valence electrons. The van der Waals surface area contributed by atoms with E-state index in [2.05, 4.69) is 4.98 Å². The van der Waals surface area contributed by atoms with Crippen molar-refractivity contribution in [2.24, 2.45) is 0 Å². The van der Waals surface area contributed by atoms with Crippen LogP contribution in [0.1, 0.15) is 16.1 Å². The first-order valence-corrected chi connectivity index (χ1v) is 7.08. The van der Waals surface area contributed by atoms with Crippen LogP contribution in [0.4, 0.5) is 10.2 Å². The molecule has 7 heteroatoms. The van der Waals surface area contributed by atoms with Crippen molar-refractivity contribution in [2.45, 2.75) is 6.54 Å². The normalized spacial score (nSPS) is 11.0. The minimum absolute atomic E-state index is 0.116. The summed E-state index contributed by atoms with van der Waals surface area (Å²) in [6.07, 6.45) is 1.68. The second-order valence-corrected chi connectivity index (χ2v) is 5.50. The van der Waals surface area contributed by atoms with Crippen molar-refractivity contribution in [3.8, 4) is 0 Å². The summed E-state index contributed by atoms with van der Waals surface area (Å²) < 4.78 is 14.8. The zero-order valence-corrected chi connectivity index (χ0v) is 12.0. The van der Waals surface area contributed by atoms with E-state index < -0.39 is 5.97 Å². The van der Waals surface area contributed by atoms with Gasteiger partial charge < -0.3 is 10.0 Å². The lowest BCUT2D eigenvalue weighted by Gasteiger charge is -2.17. The highest BCUT2D eigenvalue weighted by Crippen LogP contribution is 2.25. The molecule has 0 amide bonds. The SMILES string of the molecule is CN(Cc1cccc(F)c1)c1nc2sccn2c1C(=O)O. The molecule has 2 heterocycles. The van der Waals surface area contributed by atoms with Gasteiger partial charge in [-0.2, -0.15) is 0 Å². The second kappa shape index (κ2) is 5.17. The molecule has 0 fully saturated rings. The summed E-state index contributed by atoms with van der Waals surface area (Å²) in [5.41, 5.74) is 0.871. The number of halogens is 1. The lowest BCUT2D eigenvalue weighted by atomic mass is 10.2. The van der Waals surface area contributed by atoms with Crippen molar-refractivity contribution in [3.05, 3.63) is 52.9 Å². The average Bonchev–Trinajstić information content (AvgIpc) is 2.97. The minimum atomic E-state index is -1.04. The first kappa shape index (κ1) is 13.6. The highest BCUT2D eigenvalue weighted by Gasteiger charge is 2.22. The van der Waals surface area contributed by atoms with Crippen LogP contribution >= 0.6 is 11.3 Å². The minimum Gasteiger partial charge on any atom is -0.476 e. The number of anilines is 1. The standard InChI is InChI=1S/C14H12FN3O2S/c1-17(8-9-3-2-4-10(15)7-9)12-11(13(19)20)18-5-6-21-14(18)16-12/h2-7H,8H2,1H3,(H,19,20). The van der Waals surface area contributed by atoms with Crippen LogP contribution in [-0.2, 0) is 6.54 Å². The summed E-state index contributed by atoms with van der Waals surface area (Å²) in [4.78, 5) is 18.1. The molecular formula is C14H12FN3O2S. The van der Waals surface area contributed by atoms with Gasteiger partial charge >= 0.3 is 5.97 Å². The Balaban J connectivity index is 1.97. The smallest absolute Gasteiger partial charge is 0.356 e. The molecule has 3 rings (SSSR count). The van der Waals surface area contributed by atoms with Gasteiger partial charge in [0.1, 0.15) is 5.82 Å². The van der Waals surface area contributed by atoms with Crippen LogP contribution in [0.5, 0.6) is 0 Å². The molecule has 0 bridgehead atoms. The Hall–Kier alpha value is -2.41. The molecule has 2 aromatic heterocycles. The van der Waals surface area contributed by atoms with E-state index in [1.54, 1.807) is 40.1 Å². The number of hydrogen-bond donors (Lipinski definition) is 1. The van der Waals surface area contributed by atoms with Gasteiger partial charge in [0, 0.05) is 25.2 Å². The van der Waals surface area contributed by atoms with Crippen LogP contribution in [0.2, 0.25) is 0 Å². The van der Waals surface area contributed by atoms with Gasteiger partial charge in [-0.25, -0.2) is 14.2 Å². The fourth-order valence-electron chi connectivity index (χ4n) is 2.22. The highest BCUT2D eigenvalue weighted by molar-refractivity contribution is 7.15. The Bertz CT molecular complexity index is 812. The van der Waals surface area contributed by atoms with E-state index in [9.17, 15) is 14.3 Å². The van der Waals surface area contributed by atoms with Crippen LogP contribution in [0.25, 0.3) is 4.96 Å². The van der Waals surface area contributed by atoms with Crippen molar-refractivity contribution in [2.75, 3.05) is 11.9 Å². The van der Waals surface area contributed by atoms with E-state index in [-0.39, 0.29) is 11.5 Å². The van der Waals surface area contributed by atoms with E-state index in [0.29, 0.717) is 17.3 Å². The maximum atomic E-state index is 13.2. The molecule has 0 aliphatic rings. The van der Waals surface area contributed by atoms with Crippen LogP contribution in [0.3, 0.4) is 0 Å². The fourth-order valence-corrected chi connectivity index (χ4v) is 2.93. The Morgan fingerprint density at radius 3 is 3.05 bits per heavy atom. The van der Waals surface area contributed by atoms with Gasteiger partial charge in [0.2, 0.25) is 0 Å². The van der Waals surface area contributed by atoms with Crippen molar-refractivity contribution in [3.63, 3.8) is 0 Å². The zero-order chi connectivity index (χ0) is 15.0. The molecule has 1 N–H and O–H groups in total. The summed E-state index contributed by atoms with van der Waals surface area (Å²) >= 11 is 1.37. The van der Waals surface area contributed by atoms with Gasteiger partial charge in [0.25, 0.3) is 0 Å². The number of imidazole rings is 1. The number of hydrogen-bond acceptors (Lipinski definition) is 4. The van der Waals surface area contributed by atoms with E-state index in [1.165, 1.54) is 23.5 Å². The molecule has 0 saturated heterocycles. The molecule has 0 spiro atoms. The van der Waals surface area contributed by atoms with Gasteiger partial charge in [-0.15, -0.1) is 11.3 Å². The molecule has 0 aliphatic heterocycles. The van der Waals surface area contributed by atoms with Gasteiger partial charge in [0.05, 0.1) is 0 Å². The van der Waals surface area contributed by atoms with Crippen molar-refractivity contribution < 1.29 is 14.3 Å². The quantitative estimate of drug-likeness (QED) is 0.805. The molecule has 0 atom stereocenters. The molecule has 3 aromatic rings. The van der Waals surface area contributed by atoms with E-state index in [0.717, 1.165) is 5.56 Å². The molecule has 1 aromatic carbocycles. The number of nitrogens with zero attached hydrogens (tertiary/aromatic N) is 3. The number of fused-ring (bicyclic) bond motifs is 1. The molecule has 0 radical (unpaired) electrons. The molecule has 0 saturated carbocycles. The Morgan fingerprint density at radius 1 is 1.52 bits per heavy atom. The number of carboxylic acids is 1. The van der Waals surface area contributed by atoms with E-state index >= 15 is 0 Å². The van der Waals surface area contributed by atoms with Crippen molar-refractivity contribution in [1.29, 1.82) is 0 Å². The molecular weight excluding hydrogens is 293 g/mol. The molecule has 5 nitrogen and oxygen atoms in total. The predicted molar refractivity (Wildman–Crippen MR) is 78.5 cm³/mol. The number of aromatic nitrogens is 2. The summed E-state index contributed by atoms with van der Waals surface area (Å²) in [7, 11) is 1.74. The van der Waals surface area contributed by atoms with Crippen LogP contribution in [0, 0.1) is 5.82 Å². The van der Waals surface area contributed by atoms with Gasteiger partial charge in [-0.3, -0.25) is 4.40 Å². The number of carboxylic acid groups (broad SMARTS) is 1. The molecule has 0 unspecified atom stereocenters. The largest absolute Gasteiger partial charge is 0.476 e. The Kier molecular flexibility index (Phi) is 3.34. The average molecular weight is 305 g/mol. The van der Waals surface area contributed by atoms with Crippen molar-refractivity contribution in [1.82, 2.24) is 9.38 Å². The number of rotatable bonds is 4. The monoisotopic (exact) mass is 305 g/mol. The Morgan fingerprint density at radius 2 is 2.33 bits per heavy atom. The lowest BCUT2D eigenvalue weighted by Crippen LogP contribution is -2.20. The molecule has 0 aliphatic carbocycles. The topological polar surface area (TPSA) is 57.8 Å². The Labute approximate surface area is 123 Å². The maximum absolute atomic E-state index is 13.2. The third-order valence-electron chi connectivity index (χ3n) is 3.12. The van der Waals surface area contributed by atoms with Crippen LogP contribution in [0.15, 0.2) is 35.8 Å². The highest BCUT2D eigenvalue weighted by atomic mass is 32.1. The van der Waals surface area contributed by atoms with Gasteiger partial charge in [-0.05, 0) is 17.7 Å². The fraction of sp³-hybridized carbons (Fsp3) is 0.143. The number of aromatic carboxylic acids is 1. The summed E-state index contributed by atoms with van der Waals surface area (Å²) in [6, 6.07) is 6.22. The number of thiazole rings is 1. The summed E-state index contributed by atoms with van der Waals surface area (Å²) in [5.74, 6) is -0.981. The summed E-state index contributed by atoms with van der Waals surface area (Å²) in [5, 5.41) is 11.2. The van der Waals surface area contributed by atoms with E-state index in [1.807, 2.05) is 0 Å². The number of carbonyl (C=O) groups is 1. The van der Waals surface area contributed by atoms with E-state index in [4.69, 9.17) is 0 Å². The zero-order valence-electron chi connectivity index (χ0n) is 11.2. The van der Waals surface area contributed by atoms with Crippen LogP contribution in [-0.4, -0.2) is 27.5 Å². The van der Waals surface area contributed by atoms with Gasteiger partial charge in [0.15, 0.2) is 16.5 Å². The summed E-state index contributed by atoms with van der Waals surface area (Å²) in [6.45, 7) is 0.378. The third kappa shape index (κ3) is 2.47. The number of benzene rings is 1. The lowest BCUT2D eigenvalue weighted by molar-refractivity contribution is 0.0690. The first-order chi connectivity index (χ1) is 10.1. The maximum Gasteiger partial charge on any atom is 0.356 e. The first-order valence-electron chi connectivity index (χ1n) is 6.20. The predicted octanol–water partition coefficient (Wildman–Crippen LogP) is 2.87.